The van der Waals surface area contributed by atoms with Gasteiger partial charge in [-0.15, -0.1) is 11.3 Å². The summed E-state index contributed by atoms with van der Waals surface area (Å²) in [5.41, 5.74) is 3.30. The number of likely N-dealkylation sites (N-methyl/N-ethyl adjacent to an activating group) is 1. The van der Waals surface area contributed by atoms with E-state index in [-0.39, 0.29) is 5.92 Å². The molecule has 0 saturated carbocycles. The number of hydrogen-bond acceptors (Lipinski definition) is 5. The summed E-state index contributed by atoms with van der Waals surface area (Å²) < 4.78 is 0.984. The molecule has 5 nitrogen and oxygen atoms in total. The lowest BCUT2D eigenvalue weighted by Gasteiger charge is -2.43. The first-order valence-electron chi connectivity index (χ1n) is 15.6. The van der Waals surface area contributed by atoms with E-state index < -0.39 is 0 Å². The maximum absolute atomic E-state index is 13.4. The Morgan fingerprint density at radius 2 is 1.69 bits per heavy atom. The highest BCUT2D eigenvalue weighted by Crippen LogP contribution is 2.39. The Labute approximate surface area is 241 Å². The second kappa shape index (κ2) is 14.5. The minimum absolute atomic E-state index is 0.278. The number of benzene rings is 1. The van der Waals surface area contributed by atoms with Gasteiger partial charge in [0.15, 0.2) is 0 Å². The van der Waals surface area contributed by atoms with E-state index in [9.17, 15) is 4.79 Å². The van der Waals surface area contributed by atoms with Gasteiger partial charge in [0, 0.05) is 10.8 Å². The minimum Gasteiger partial charge on any atom is -0.345 e. The number of rotatable bonds is 14. The third-order valence-corrected chi connectivity index (χ3v) is 9.73. The van der Waals surface area contributed by atoms with Crippen LogP contribution in [0.15, 0.2) is 35.3 Å². The van der Waals surface area contributed by atoms with Gasteiger partial charge in [0.1, 0.15) is 16.6 Å². The van der Waals surface area contributed by atoms with E-state index in [1.807, 2.05) is 0 Å². The zero-order valence-electron chi connectivity index (χ0n) is 24.9. The lowest BCUT2D eigenvalue weighted by atomic mass is 9.89. The summed E-state index contributed by atoms with van der Waals surface area (Å²) in [6.45, 7) is 11.7. The summed E-state index contributed by atoms with van der Waals surface area (Å²) in [6, 6.07) is 10.6. The van der Waals surface area contributed by atoms with Crippen LogP contribution in [0.1, 0.15) is 94.9 Å². The number of aryl methyl sites for hydroxylation is 1. The molecule has 0 radical (unpaired) electrons. The Morgan fingerprint density at radius 1 is 1.03 bits per heavy atom. The quantitative estimate of drug-likeness (QED) is 0.189. The van der Waals surface area contributed by atoms with Crippen LogP contribution in [0.4, 0.5) is 16.4 Å². The predicted molar refractivity (Wildman–Crippen MR) is 168 cm³/mol. The first-order valence-corrected chi connectivity index (χ1v) is 16.4. The van der Waals surface area contributed by atoms with Gasteiger partial charge in [0.25, 0.3) is 0 Å². The van der Waals surface area contributed by atoms with Crippen molar-refractivity contribution in [3.05, 3.63) is 40.8 Å². The number of thiophene rings is 1. The molecule has 3 heterocycles. The molecule has 0 spiro atoms. The number of piperazine rings is 1. The van der Waals surface area contributed by atoms with Crippen LogP contribution in [0.3, 0.4) is 0 Å². The van der Waals surface area contributed by atoms with Gasteiger partial charge in [-0.25, -0.2) is 4.99 Å². The van der Waals surface area contributed by atoms with Crippen molar-refractivity contribution in [3.63, 3.8) is 0 Å². The number of carbonyl (C=O) groups is 1. The maximum Gasteiger partial charge on any atom is 0.141 e. The average molecular weight is 552 g/mol. The molecule has 214 valence electrons. The number of nitrogens with one attached hydrogen (secondary N) is 1. The van der Waals surface area contributed by atoms with Crippen LogP contribution < -0.4 is 5.32 Å². The second-order valence-electron chi connectivity index (χ2n) is 12.1. The van der Waals surface area contributed by atoms with E-state index >= 15 is 0 Å². The first-order chi connectivity index (χ1) is 18.9. The molecule has 0 bridgehead atoms. The van der Waals surface area contributed by atoms with Crippen LogP contribution in [0.2, 0.25) is 0 Å². The van der Waals surface area contributed by atoms with Crippen molar-refractivity contribution in [2.24, 2.45) is 10.9 Å². The Hall–Kier alpha value is -2.18. The van der Waals surface area contributed by atoms with Gasteiger partial charge in [-0.05, 0) is 38.0 Å². The van der Waals surface area contributed by atoms with Crippen LogP contribution >= 0.6 is 11.3 Å². The molecule has 1 N–H and O–H groups in total. The molecular weight excluding hydrogens is 500 g/mol. The topological polar surface area (TPSA) is 44.7 Å². The molecule has 4 rings (SSSR count). The van der Waals surface area contributed by atoms with Crippen molar-refractivity contribution < 1.29 is 9.28 Å². The van der Waals surface area contributed by atoms with E-state index in [1.54, 1.807) is 11.3 Å². The highest BCUT2D eigenvalue weighted by atomic mass is 32.1. The summed E-state index contributed by atoms with van der Waals surface area (Å²) in [5, 5.41) is 4.82. The molecule has 0 amide bonds. The molecule has 1 saturated heterocycles. The van der Waals surface area contributed by atoms with Crippen molar-refractivity contribution >= 4 is 39.3 Å². The van der Waals surface area contributed by atoms with E-state index in [4.69, 9.17) is 4.99 Å². The number of para-hydroxylation sites is 2. The zero-order valence-corrected chi connectivity index (χ0v) is 25.8. The number of anilines is 2. The SMILES string of the molecule is CCCCCCC(CCCCCC)C(=O)CC[N+]1(C)CCN(C2=Nc3ccccc3Nc3sc(C)cc32)CC1. The largest absolute Gasteiger partial charge is 0.345 e. The molecule has 2 aliphatic heterocycles. The van der Waals surface area contributed by atoms with Gasteiger partial charge < -0.3 is 14.7 Å². The fourth-order valence-corrected chi connectivity index (χ4v) is 6.98. The average Bonchev–Trinajstić information content (AvgIpc) is 3.23. The van der Waals surface area contributed by atoms with Gasteiger partial charge in [-0.3, -0.25) is 4.79 Å². The van der Waals surface area contributed by atoms with Crippen LogP contribution in [-0.4, -0.2) is 60.8 Å². The van der Waals surface area contributed by atoms with Crippen molar-refractivity contribution in [1.82, 2.24) is 4.90 Å². The molecule has 0 atom stereocenters. The van der Waals surface area contributed by atoms with Gasteiger partial charge in [-0.2, -0.15) is 0 Å². The summed E-state index contributed by atoms with van der Waals surface area (Å²) in [7, 11) is 2.36. The number of nitrogens with zero attached hydrogens (tertiary/aromatic N) is 3. The van der Waals surface area contributed by atoms with Crippen molar-refractivity contribution in [3.8, 4) is 0 Å². The van der Waals surface area contributed by atoms with Gasteiger partial charge >= 0.3 is 0 Å². The monoisotopic (exact) mass is 551 g/mol. The number of Topliss-reactive ketones (excluding diaryl/α,β-unsaturated/α-hetero) is 1. The first kappa shape index (κ1) is 29.8. The Bertz CT molecular complexity index is 1090. The molecule has 1 fully saturated rings. The third-order valence-electron chi connectivity index (χ3n) is 8.76. The van der Waals surface area contributed by atoms with Crippen molar-refractivity contribution in [2.75, 3.05) is 45.1 Å². The molecule has 1 aromatic heterocycles. The van der Waals surface area contributed by atoms with E-state index in [2.05, 4.69) is 68.4 Å². The van der Waals surface area contributed by atoms with Gasteiger partial charge in [0.2, 0.25) is 0 Å². The highest BCUT2D eigenvalue weighted by molar-refractivity contribution is 7.16. The second-order valence-corrected chi connectivity index (χ2v) is 13.3. The molecule has 1 aromatic carbocycles. The third kappa shape index (κ3) is 8.17. The molecule has 6 heteroatoms. The van der Waals surface area contributed by atoms with Crippen LogP contribution in [0.25, 0.3) is 0 Å². The Kier molecular flexibility index (Phi) is 11.0. The lowest BCUT2D eigenvalue weighted by Crippen LogP contribution is -2.59. The number of carbonyl (C=O) groups excluding carboxylic acids is 1. The standard InChI is InChI=1S/C33H51N4OS/c1-5-7-9-11-15-27(16-12-10-8-6-2)31(38)19-22-37(4)23-20-36(21-24-37)32-28-25-26(3)39-33(28)35-30-18-14-13-17-29(30)34-32/h13-14,17-18,25,27,35H,5-12,15-16,19-24H2,1-4H3/q+1. The Morgan fingerprint density at radius 3 is 2.36 bits per heavy atom. The minimum atomic E-state index is 0.278. The lowest BCUT2D eigenvalue weighted by molar-refractivity contribution is -0.912. The van der Waals surface area contributed by atoms with Gasteiger partial charge in [0.05, 0.1) is 63.1 Å². The van der Waals surface area contributed by atoms with E-state index in [1.165, 1.54) is 66.8 Å². The molecule has 2 aromatic rings. The maximum atomic E-state index is 13.4. The van der Waals surface area contributed by atoms with Crippen LogP contribution in [-0.2, 0) is 4.79 Å². The molecule has 39 heavy (non-hydrogen) atoms. The number of quaternary nitrogens is 1. The Balaban J connectivity index is 1.35. The fraction of sp³-hybridized carbons (Fsp3) is 0.636. The summed E-state index contributed by atoms with van der Waals surface area (Å²) in [6.07, 6.45) is 13.0. The molecule has 2 aliphatic rings. The summed E-state index contributed by atoms with van der Waals surface area (Å²) in [5.74, 6) is 1.90. The number of aliphatic imine (C=N–C) groups is 1. The van der Waals surface area contributed by atoms with Crippen molar-refractivity contribution in [1.29, 1.82) is 0 Å². The zero-order chi connectivity index (χ0) is 27.7. The number of ketones is 1. The number of amidine groups is 1. The van der Waals surface area contributed by atoms with Gasteiger partial charge in [-0.1, -0.05) is 77.3 Å². The smallest absolute Gasteiger partial charge is 0.141 e. The number of unbranched alkanes of at least 4 members (excludes halogenated alkanes) is 6. The van der Waals surface area contributed by atoms with E-state index in [0.29, 0.717) is 5.78 Å². The highest BCUT2D eigenvalue weighted by Gasteiger charge is 2.33. The van der Waals surface area contributed by atoms with Crippen LogP contribution in [0.5, 0.6) is 0 Å². The molecule has 0 aliphatic carbocycles. The van der Waals surface area contributed by atoms with E-state index in [0.717, 1.165) is 73.7 Å². The van der Waals surface area contributed by atoms with Crippen LogP contribution in [0, 0.1) is 12.8 Å². The van der Waals surface area contributed by atoms with Crippen molar-refractivity contribution in [2.45, 2.75) is 91.4 Å². The normalized spacial score (nSPS) is 16.3. The number of fused-ring (bicyclic) bond motifs is 2. The molecular formula is C33H51N4OS+. The summed E-state index contributed by atoms with van der Waals surface area (Å²) >= 11 is 1.80. The molecule has 0 unspecified atom stereocenters. The predicted octanol–water partition coefficient (Wildman–Crippen LogP) is 8.47. The summed E-state index contributed by atoms with van der Waals surface area (Å²) in [4.78, 5) is 22.4. The fourth-order valence-electron chi connectivity index (χ4n) is 6.06. The number of hydrogen-bond donors (Lipinski definition) is 1.